The van der Waals surface area contributed by atoms with E-state index >= 15 is 0 Å². The van der Waals surface area contributed by atoms with Gasteiger partial charge in [0.25, 0.3) is 0 Å². The minimum atomic E-state index is -0.307. The van der Waals surface area contributed by atoms with Gasteiger partial charge in [-0.05, 0) is 56.3 Å². The lowest BCUT2D eigenvalue weighted by Gasteiger charge is -2.32. The van der Waals surface area contributed by atoms with Gasteiger partial charge in [-0.25, -0.2) is 0 Å². The molecule has 0 spiro atoms. The lowest BCUT2D eigenvalue weighted by molar-refractivity contribution is 0.00578. The highest BCUT2D eigenvalue weighted by molar-refractivity contribution is 9.10. The molecule has 1 aliphatic rings. The fourth-order valence-electron chi connectivity index (χ4n) is 2.16. The number of hydrogen-bond acceptors (Lipinski definition) is 2. The van der Waals surface area contributed by atoms with E-state index in [0.717, 1.165) is 9.94 Å². The monoisotopic (exact) mass is 338 g/mol. The molecular weight excluding hydrogens is 315 g/mol. The standard InChI is InChI=1S/C16H24BBrO2/c1-14(2,3)11-8-12(10-13(18)9-11)17-19-15(4,5)16(6,7)20-17/h8-10H,1-7H3. The lowest BCUT2D eigenvalue weighted by atomic mass is 9.75. The van der Waals surface area contributed by atoms with E-state index < -0.39 is 0 Å². The average Bonchev–Trinajstić information content (AvgIpc) is 2.46. The van der Waals surface area contributed by atoms with Crippen molar-refractivity contribution in [2.75, 3.05) is 0 Å². The molecule has 20 heavy (non-hydrogen) atoms. The van der Waals surface area contributed by atoms with E-state index in [4.69, 9.17) is 9.31 Å². The molecule has 0 saturated carbocycles. The maximum atomic E-state index is 6.13. The summed E-state index contributed by atoms with van der Waals surface area (Å²) in [5.74, 6) is 0. The smallest absolute Gasteiger partial charge is 0.399 e. The normalized spacial score (nSPS) is 21.3. The molecule has 0 aliphatic carbocycles. The molecule has 0 amide bonds. The van der Waals surface area contributed by atoms with E-state index in [2.05, 4.69) is 82.6 Å². The van der Waals surface area contributed by atoms with Crippen molar-refractivity contribution in [1.82, 2.24) is 0 Å². The summed E-state index contributed by atoms with van der Waals surface area (Å²) >= 11 is 3.60. The third-order valence-corrected chi connectivity index (χ3v) is 4.77. The van der Waals surface area contributed by atoms with Crippen LogP contribution in [0.4, 0.5) is 0 Å². The molecule has 4 heteroatoms. The first-order chi connectivity index (χ1) is 8.92. The Kier molecular flexibility index (Phi) is 3.90. The van der Waals surface area contributed by atoms with Gasteiger partial charge in [0, 0.05) is 4.47 Å². The molecule has 0 aromatic heterocycles. The van der Waals surface area contributed by atoms with Crippen LogP contribution < -0.4 is 5.46 Å². The van der Waals surface area contributed by atoms with E-state index in [-0.39, 0.29) is 23.7 Å². The molecule has 1 fully saturated rings. The summed E-state index contributed by atoms with van der Waals surface area (Å²) in [5.41, 5.74) is 1.84. The Morgan fingerprint density at radius 1 is 0.950 bits per heavy atom. The van der Waals surface area contributed by atoms with Crippen molar-refractivity contribution in [3.63, 3.8) is 0 Å². The van der Waals surface area contributed by atoms with E-state index in [0.29, 0.717) is 0 Å². The van der Waals surface area contributed by atoms with Crippen LogP contribution in [-0.2, 0) is 14.7 Å². The third-order valence-electron chi connectivity index (χ3n) is 4.31. The largest absolute Gasteiger partial charge is 0.494 e. The number of hydrogen-bond donors (Lipinski definition) is 0. The lowest BCUT2D eigenvalue weighted by Crippen LogP contribution is -2.41. The molecule has 2 nitrogen and oxygen atoms in total. The predicted molar refractivity (Wildman–Crippen MR) is 88.6 cm³/mol. The second-order valence-electron chi connectivity index (χ2n) is 7.61. The van der Waals surface area contributed by atoms with Crippen LogP contribution >= 0.6 is 15.9 Å². The topological polar surface area (TPSA) is 18.5 Å². The first-order valence-corrected chi connectivity index (χ1v) is 7.88. The molecule has 1 aromatic rings. The summed E-state index contributed by atoms with van der Waals surface area (Å²) in [5, 5.41) is 0. The molecule has 0 bridgehead atoms. The second kappa shape index (κ2) is 4.86. The van der Waals surface area contributed by atoms with Crippen LogP contribution in [0.15, 0.2) is 22.7 Å². The molecule has 0 atom stereocenters. The van der Waals surface area contributed by atoms with Crippen LogP contribution in [-0.4, -0.2) is 18.3 Å². The van der Waals surface area contributed by atoms with Crippen LogP contribution in [0.5, 0.6) is 0 Å². The average molecular weight is 339 g/mol. The highest BCUT2D eigenvalue weighted by atomic mass is 79.9. The fourth-order valence-corrected chi connectivity index (χ4v) is 2.67. The summed E-state index contributed by atoms with van der Waals surface area (Å²) in [6.45, 7) is 14.9. The van der Waals surface area contributed by atoms with Gasteiger partial charge in [-0.1, -0.05) is 42.8 Å². The van der Waals surface area contributed by atoms with Crippen molar-refractivity contribution in [1.29, 1.82) is 0 Å². The van der Waals surface area contributed by atoms with E-state index in [1.54, 1.807) is 0 Å². The summed E-state index contributed by atoms with van der Waals surface area (Å²) in [7, 11) is -0.307. The van der Waals surface area contributed by atoms with Gasteiger partial charge in [0.1, 0.15) is 0 Å². The van der Waals surface area contributed by atoms with E-state index in [1.165, 1.54) is 5.56 Å². The zero-order valence-corrected chi connectivity index (χ0v) is 15.1. The molecular formula is C16H24BBrO2. The molecule has 110 valence electrons. The van der Waals surface area contributed by atoms with Crippen LogP contribution in [0.2, 0.25) is 0 Å². The van der Waals surface area contributed by atoms with Gasteiger partial charge in [0.2, 0.25) is 0 Å². The van der Waals surface area contributed by atoms with Crippen LogP contribution in [0, 0.1) is 0 Å². The van der Waals surface area contributed by atoms with Gasteiger partial charge in [0.05, 0.1) is 11.2 Å². The number of halogens is 1. The number of benzene rings is 1. The Labute approximate surface area is 131 Å². The first kappa shape index (κ1) is 16.1. The molecule has 0 N–H and O–H groups in total. The SMILES string of the molecule is CC(C)(C)c1cc(Br)cc(B2OC(C)(C)C(C)(C)O2)c1. The molecule has 2 rings (SSSR count). The Morgan fingerprint density at radius 2 is 1.45 bits per heavy atom. The van der Waals surface area contributed by atoms with Crippen molar-refractivity contribution < 1.29 is 9.31 Å². The van der Waals surface area contributed by atoms with Crippen LogP contribution in [0.1, 0.15) is 54.0 Å². The summed E-state index contributed by atoms with van der Waals surface area (Å²) in [6.07, 6.45) is 0. The maximum absolute atomic E-state index is 6.13. The zero-order chi connectivity index (χ0) is 15.3. The van der Waals surface area contributed by atoms with E-state index in [1.807, 2.05) is 0 Å². The minimum Gasteiger partial charge on any atom is -0.399 e. The third kappa shape index (κ3) is 2.97. The van der Waals surface area contributed by atoms with Gasteiger partial charge in [-0.2, -0.15) is 0 Å². The van der Waals surface area contributed by atoms with Crippen molar-refractivity contribution >= 4 is 28.5 Å². The zero-order valence-electron chi connectivity index (χ0n) is 13.5. The van der Waals surface area contributed by atoms with Gasteiger partial charge in [-0.15, -0.1) is 0 Å². The fraction of sp³-hybridized carbons (Fsp3) is 0.625. The quantitative estimate of drug-likeness (QED) is 0.719. The van der Waals surface area contributed by atoms with Crippen molar-refractivity contribution in [3.8, 4) is 0 Å². The van der Waals surface area contributed by atoms with Gasteiger partial charge >= 0.3 is 7.12 Å². The summed E-state index contributed by atoms with van der Waals surface area (Å²) in [6, 6.07) is 6.43. The van der Waals surface area contributed by atoms with Gasteiger partial charge in [0.15, 0.2) is 0 Å². The summed E-state index contributed by atoms with van der Waals surface area (Å²) < 4.78 is 13.3. The predicted octanol–water partition coefficient (Wildman–Crippen LogP) is 4.05. The molecule has 1 aliphatic heterocycles. The molecule has 0 radical (unpaired) electrons. The second-order valence-corrected chi connectivity index (χ2v) is 8.53. The minimum absolute atomic E-state index is 0.0994. The van der Waals surface area contributed by atoms with E-state index in [9.17, 15) is 0 Å². The Bertz CT molecular complexity index is 502. The maximum Gasteiger partial charge on any atom is 0.494 e. The van der Waals surface area contributed by atoms with Gasteiger partial charge < -0.3 is 9.31 Å². The highest BCUT2D eigenvalue weighted by Crippen LogP contribution is 2.37. The molecule has 1 heterocycles. The molecule has 1 aromatic carbocycles. The van der Waals surface area contributed by atoms with Crippen molar-refractivity contribution in [2.24, 2.45) is 0 Å². The summed E-state index contributed by atoms with van der Waals surface area (Å²) in [4.78, 5) is 0. The Hall–Kier alpha value is -0.315. The van der Waals surface area contributed by atoms with Crippen molar-refractivity contribution in [3.05, 3.63) is 28.2 Å². The molecule has 1 saturated heterocycles. The van der Waals surface area contributed by atoms with Crippen molar-refractivity contribution in [2.45, 2.75) is 65.1 Å². The van der Waals surface area contributed by atoms with Crippen LogP contribution in [0.25, 0.3) is 0 Å². The van der Waals surface area contributed by atoms with Gasteiger partial charge in [-0.3, -0.25) is 0 Å². The number of rotatable bonds is 1. The Balaban J connectivity index is 2.38. The first-order valence-electron chi connectivity index (χ1n) is 7.09. The molecule has 0 unspecified atom stereocenters. The highest BCUT2D eigenvalue weighted by Gasteiger charge is 2.51. The Morgan fingerprint density at radius 3 is 1.90 bits per heavy atom. The van der Waals surface area contributed by atoms with Crippen LogP contribution in [0.3, 0.4) is 0 Å².